The zero-order chi connectivity index (χ0) is 83.2. The van der Waals surface area contributed by atoms with Gasteiger partial charge >= 0.3 is 0 Å². The second-order valence-corrected chi connectivity index (χ2v) is 32.8. The highest BCUT2D eigenvalue weighted by Crippen LogP contribution is 2.39. The van der Waals surface area contributed by atoms with Gasteiger partial charge < -0.3 is 152 Å². The van der Waals surface area contributed by atoms with Crippen LogP contribution in [-0.2, 0) is 58.6 Å². The highest BCUT2D eigenvalue weighted by Gasteiger charge is 2.55. The Morgan fingerprint density at radius 1 is 0.571 bits per heavy atom. The minimum Gasteiger partial charge on any atom is -0.491 e. The van der Waals surface area contributed by atoms with E-state index in [0.717, 1.165) is 77.4 Å². The van der Waals surface area contributed by atoms with Gasteiger partial charge in [-0.15, -0.1) is 0 Å². The minimum absolute atomic E-state index is 0.0237. The van der Waals surface area contributed by atoms with Crippen LogP contribution in [-0.4, -0.2) is 331 Å². The first-order valence-corrected chi connectivity index (χ1v) is 42.8. The summed E-state index contributed by atoms with van der Waals surface area (Å²) in [6, 6.07) is 35.7. The quantitative estimate of drug-likeness (QED) is 0.0147. The maximum atomic E-state index is 14.1. The van der Waals surface area contributed by atoms with Crippen molar-refractivity contribution in [3.05, 3.63) is 121 Å². The number of benzene rings is 7. The second kappa shape index (κ2) is 41.7. The topological polar surface area (TPSA) is 487 Å². The van der Waals surface area contributed by atoms with Crippen LogP contribution < -0.4 is 54.7 Å². The Labute approximate surface area is 699 Å². The first-order valence-electron chi connectivity index (χ1n) is 41.2. The van der Waals surface area contributed by atoms with E-state index < -0.39 is 116 Å². The molecule has 646 valence electrons. The number of aromatic amines is 2. The van der Waals surface area contributed by atoms with E-state index in [1.807, 2.05) is 41.3 Å². The van der Waals surface area contributed by atoms with E-state index in [2.05, 4.69) is 116 Å². The van der Waals surface area contributed by atoms with Gasteiger partial charge in [0.05, 0.1) is 99.2 Å². The summed E-state index contributed by atoms with van der Waals surface area (Å²) in [7, 11) is 2.17. The number of piperazine rings is 1. The summed E-state index contributed by atoms with van der Waals surface area (Å²) in [5.74, 6) is 3.38. The number of H-pyrrole nitrogens is 2. The lowest BCUT2D eigenvalue weighted by molar-refractivity contribution is -0.306. The molecule has 6 heterocycles. The van der Waals surface area contributed by atoms with Gasteiger partial charge in [0.25, 0.3) is 0 Å². The minimum atomic E-state index is -1.56. The van der Waals surface area contributed by atoms with Crippen LogP contribution >= 0.6 is 24.0 Å². The number of imidazole rings is 2. The molecular formula is C84H115N15O18S2. The number of aliphatic hydroxyl groups excluding tert-OH is 6. The Balaban J connectivity index is 0.493. The fourth-order valence-electron chi connectivity index (χ4n) is 16.2. The zero-order valence-corrected chi connectivity index (χ0v) is 68.6. The molecule has 14 rings (SSSR count). The fourth-order valence-corrected chi connectivity index (χ4v) is 17.3. The molecule has 2 aromatic heterocycles. The fraction of sp³-hybridized carbons (Fsp3) is 0.548. The molecule has 9 aromatic rings. The molecule has 0 unspecified atom stereocenters. The number of carbonyl (C=O) groups excluding carboxylic acids is 1. The number of thioether (sulfide) groups is 1. The predicted molar refractivity (Wildman–Crippen MR) is 457 cm³/mol. The van der Waals surface area contributed by atoms with Gasteiger partial charge in [0.1, 0.15) is 85.0 Å². The summed E-state index contributed by atoms with van der Waals surface area (Å²) in [6.45, 7) is 8.45. The molecule has 33 nitrogen and oxygen atoms in total. The molecule has 22 N–H and O–H groups in total. The number of nitrogens with zero attached hydrogens (tertiary/aromatic N) is 5. The number of nitrogens with two attached hydrogens (primary N) is 6. The van der Waals surface area contributed by atoms with Crippen molar-refractivity contribution in [2.75, 3.05) is 148 Å². The third-order valence-corrected chi connectivity index (χ3v) is 24.4. The number of aliphatic hydroxyl groups is 6. The van der Waals surface area contributed by atoms with Crippen molar-refractivity contribution in [3.63, 3.8) is 0 Å². The molecule has 7 aromatic carbocycles. The summed E-state index contributed by atoms with van der Waals surface area (Å²) in [5, 5.41) is 80.2. The van der Waals surface area contributed by atoms with Crippen molar-refractivity contribution in [1.29, 1.82) is 0 Å². The van der Waals surface area contributed by atoms with Crippen LogP contribution in [0, 0.1) is 0 Å². The Morgan fingerprint density at radius 3 is 1.81 bits per heavy atom. The van der Waals surface area contributed by atoms with Crippen LogP contribution in [0.1, 0.15) is 31.2 Å². The Morgan fingerprint density at radius 2 is 1.13 bits per heavy atom. The molecule has 5 aliphatic rings. The SMILES string of the molecule is CN1CCN(c2ccc3nc(-c4ccc5nc(-c6ccc(OCCOCCOCCN(CCOCCOCCNC(=S)NCCSCC[C@H]7O[C@@H](O[C@H]8[C@H](O)[C@@H](N)C[C@@H](N)[C@@H]8O[C@H]8O[C@H](CN)[C@@H](O)[C@H](O)[C@H]8N)[C@H](O)[C@@H]7O[C@@H]7O[C@H](CN)[C@H](O)[C@@H](O)[C@@H]7N)C(=O)CCCc7ccc8ccc9cccc%10ccc7c8c9%10)cc6)[nH]c5c4)[nH]c3c2)CC1. The van der Waals surface area contributed by atoms with Crippen LogP contribution in [0.15, 0.2) is 115 Å². The molecule has 1 aliphatic carbocycles. The van der Waals surface area contributed by atoms with Crippen LogP contribution in [0.3, 0.4) is 0 Å². The number of amides is 1. The third kappa shape index (κ3) is 21.5. The third-order valence-electron chi connectivity index (χ3n) is 23.1. The Bertz CT molecular complexity index is 4710. The number of aryl methyl sites for hydroxylation is 1. The van der Waals surface area contributed by atoms with E-state index in [1.54, 1.807) is 11.8 Å². The summed E-state index contributed by atoms with van der Waals surface area (Å²) in [6.07, 6.45) is -17.5. The molecule has 4 saturated heterocycles. The van der Waals surface area contributed by atoms with Crippen molar-refractivity contribution in [2.24, 2.45) is 34.4 Å². The number of anilines is 1. The molecule has 35 heteroatoms. The first-order chi connectivity index (χ1) is 57.8. The summed E-state index contributed by atoms with van der Waals surface area (Å²) < 4.78 is 66.7. The molecule has 5 fully saturated rings. The number of thiocarbonyl (C=S) groups is 1. The molecule has 19 atom stereocenters. The van der Waals surface area contributed by atoms with Crippen molar-refractivity contribution in [3.8, 4) is 28.5 Å². The summed E-state index contributed by atoms with van der Waals surface area (Å²) in [5.41, 5.74) is 45.2. The monoisotopic (exact) mass is 1690 g/mol. The van der Waals surface area contributed by atoms with Crippen molar-refractivity contribution in [1.82, 2.24) is 40.4 Å². The lowest BCUT2D eigenvalue weighted by atomic mass is 9.84. The number of fused-ring (bicyclic) bond motifs is 2. The lowest BCUT2D eigenvalue weighted by Gasteiger charge is -2.47. The molecule has 119 heavy (non-hydrogen) atoms. The molecule has 4 aliphatic heterocycles. The van der Waals surface area contributed by atoms with E-state index in [0.29, 0.717) is 121 Å². The van der Waals surface area contributed by atoms with Gasteiger partial charge in [-0.3, -0.25) is 4.79 Å². The molecule has 0 spiro atoms. The maximum Gasteiger partial charge on any atom is 0.222 e. The van der Waals surface area contributed by atoms with Crippen LogP contribution in [0.25, 0.3) is 77.2 Å². The van der Waals surface area contributed by atoms with E-state index in [1.165, 1.54) is 43.6 Å². The standard InChI is InChI=1S/C84H115N15O18S2/c1-97-25-27-98(28-26-97)53-16-21-59-61(43-53)96-80(94-59)52-15-20-58-60(42-52)95-79(93-58)51-12-17-54(18-13-51)111-39-38-110-37-36-109-33-30-99(65(100)7-3-4-47-8-9-50-11-10-48-5-2-6-49-14-19-55(47)67(50)66(48)49)29-32-108-35-34-107-31-23-91-84(118)92-24-41-119-40-22-62-77(116-82-69(90)74(105)72(103)64(46-86)114-82)75(106)83(112-62)117-78-70(101)56(87)44-57(88)76(78)115-81-68(89)73(104)71(102)63(45-85)113-81/h2,5-6,8-21,42-43,56-57,62-64,68-78,81-83,101-106H,3-4,7,22-41,44-46,85-90H2,1H3,(H,93,95)(H,94,96)(H2,91,92,118)/t56-,57+,62+,63+,64+,68+,69-,70+,71+,72-,73+,74-,75+,76-,77+,78-,81+,82-,83-/m0/s1. The van der Waals surface area contributed by atoms with E-state index in [9.17, 15) is 35.4 Å². The number of likely N-dealkylation sites (N-methyl/N-ethyl adjacent to an activating group) is 1. The first kappa shape index (κ1) is 88.0. The highest BCUT2D eigenvalue weighted by atomic mass is 32.2. The average Bonchev–Trinajstić information content (AvgIpc) is 1.70. The molecular weight excluding hydrogens is 1570 g/mol. The van der Waals surface area contributed by atoms with E-state index >= 15 is 0 Å². The summed E-state index contributed by atoms with van der Waals surface area (Å²) in [4.78, 5) is 37.5. The normalized spacial score (nSPS) is 27.7. The Hall–Kier alpha value is -7.29. The number of hydrogen-bond acceptors (Lipinski definition) is 30. The molecule has 1 saturated carbocycles. The number of hydrogen-bond donors (Lipinski definition) is 16. The van der Waals surface area contributed by atoms with Crippen molar-refractivity contribution < 1.29 is 87.5 Å². The predicted octanol–water partition coefficient (Wildman–Crippen LogP) is 1.43. The highest BCUT2D eigenvalue weighted by molar-refractivity contribution is 7.99. The number of rotatable bonds is 40. The van der Waals surface area contributed by atoms with Gasteiger partial charge in [0.2, 0.25) is 5.91 Å². The van der Waals surface area contributed by atoms with Gasteiger partial charge in [-0.05, 0) is 149 Å². The van der Waals surface area contributed by atoms with Gasteiger partial charge in [-0.25, -0.2) is 9.97 Å². The number of ether oxygens (including phenoxy) is 11. The molecule has 0 radical (unpaired) electrons. The lowest BCUT2D eigenvalue weighted by Crippen LogP contribution is -2.68. The summed E-state index contributed by atoms with van der Waals surface area (Å²) >= 11 is 7.12. The largest absolute Gasteiger partial charge is 0.491 e. The van der Waals surface area contributed by atoms with Gasteiger partial charge in [0, 0.05) is 107 Å². The zero-order valence-electron chi connectivity index (χ0n) is 66.9. The molecule has 0 bridgehead atoms. The van der Waals surface area contributed by atoms with Gasteiger partial charge in [0.15, 0.2) is 24.0 Å². The average molecular weight is 1690 g/mol. The number of nitrogens with one attached hydrogen (secondary N) is 4. The van der Waals surface area contributed by atoms with Crippen molar-refractivity contribution >= 4 is 95.1 Å². The van der Waals surface area contributed by atoms with Gasteiger partial charge in [-0.1, -0.05) is 54.6 Å². The number of carbonyl (C=O) groups is 1. The maximum absolute atomic E-state index is 14.1. The van der Waals surface area contributed by atoms with Crippen LogP contribution in [0.4, 0.5) is 5.69 Å². The second-order valence-electron chi connectivity index (χ2n) is 31.2. The van der Waals surface area contributed by atoms with Gasteiger partial charge in [-0.2, -0.15) is 11.8 Å². The molecule has 1 amide bonds. The smallest absolute Gasteiger partial charge is 0.222 e. The van der Waals surface area contributed by atoms with E-state index in [4.69, 9.17) is 109 Å². The van der Waals surface area contributed by atoms with Crippen LogP contribution in [0.5, 0.6) is 5.75 Å². The Kier molecular flexibility index (Phi) is 30.9. The van der Waals surface area contributed by atoms with Crippen LogP contribution in [0.2, 0.25) is 0 Å². The van der Waals surface area contributed by atoms with Crippen molar-refractivity contribution in [2.45, 2.75) is 148 Å². The number of aromatic nitrogens is 4. The van der Waals surface area contributed by atoms with E-state index in [-0.39, 0.29) is 31.8 Å².